The van der Waals surface area contributed by atoms with Crippen molar-refractivity contribution in [3.05, 3.63) is 66.0 Å². The van der Waals surface area contributed by atoms with Gasteiger partial charge in [0.05, 0.1) is 18.2 Å². The van der Waals surface area contributed by atoms with E-state index >= 15 is 0 Å². The lowest BCUT2D eigenvalue weighted by Gasteiger charge is -2.25. The molecule has 0 N–H and O–H groups in total. The van der Waals surface area contributed by atoms with Crippen LogP contribution in [0.2, 0.25) is 0 Å². The smallest absolute Gasteiger partial charge is 0.261 e. The highest BCUT2D eigenvalue weighted by Crippen LogP contribution is 2.35. The summed E-state index contributed by atoms with van der Waals surface area (Å²) in [5, 5.41) is 4.16. The maximum Gasteiger partial charge on any atom is 0.261 e. The summed E-state index contributed by atoms with van der Waals surface area (Å²) < 4.78 is 11.1. The predicted octanol–water partition coefficient (Wildman–Crippen LogP) is 4.21. The van der Waals surface area contributed by atoms with E-state index in [1.54, 1.807) is 0 Å². The quantitative estimate of drug-likeness (QED) is 0.644. The lowest BCUT2D eigenvalue weighted by molar-refractivity contribution is -0.129. The molecule has 1 aromatic heterocycles. The van der Waals surface area contributed by atoms with Gasteiger partial charge in [0.15, 0.2) is 5.82 Å². The number of carbonyl (C=O) groups is 1. The molecule has 0 bridgehead atoms. The van der Waals surface area contributed by atoms with E-state index in [2.05, 4.69) is 17.1 Å². The number of rotatable bonds is 6. The highest BCUT2D eigenvalue weighted by Gasteiger charge is 2.36. The van der Waals surface area contributed by atoms with Gasteiger partial charge in [-0.15, -0.1) is 0 Å². The number of benzene rings is 2. The highest BCUT2D eigenvalue weighted by atomic mass is 16.5. The molecule has 3 aromatic rings. The molecule has 2 heterocycles. The molecule has 28 heavy (non-hydrogen) atoms. The second-order valence-electron chi connectivity index (χ2n) is 6.92. The van der Waals surface area contributed by atoms with Crippen LogP contribution in [0.25, 0.3) is 11.5 Å². The zero-order chi connectivity index (χ0) is 19.5. The summed E-state index contributed by atoms with van der Waals surface area (Å²) in [4.78, 5) is 19.1. The number of aromatic nitrogens is 2. The van der Waals surface area contributed by atoms with Crippen LogP contribution in [-0.4, -0.2) is 34.1 Å². The molecule has 1 saturated heterocycles. The Morgan fingerprint density at radius 2 is 1.93 bits per heavy atom. The number of hydrogen-bond donors (Lipinski definition) is 0. The number of likely N-dealkylation sites (tertiary alicyclic amines) is 1. The number of carbonyl (C=O) groups excluding carboxylic acids is 1. The molecular formula is C22H23N3O3. The minimum absolute atomic E-state index is 0.0174. The van der Waals surface area contributed by atoms with Crippen molar-refractivity contribution in [1.29, 1.82) is 0 Å². The van der Waals surface area contributed by atoms with Crippen molar-refractivity contribution >= 4 is 5.91 Å². The molecule has 1 aliphatic rings. The van der Waals surface area contributed by atoms with Gasteiger partial charge in [-0.3, -0.25) is 4.79 Å². The van der Waals surface area contributed by atoms with Gasteiger partial charge in [0, 0.05) is 18.9 Å². The largest absolute Gasteiger partial charge is 0.493 e. The number of hydrogen-bond acceptors (Lipinski definition) is 5. The van der Waals surface area contributed by atoms with Crippen molar-refractivity contribution in [3.63, 3.8) is 0 Å². The van der Waals surface area contributed by atoms with Crippen LogP contribution in [0.4, 0.5) is 0 Å². The first-order valence-corrected chi connectivity index (χ1v) is 9.57. The normalized spacial score (nSPS) is 17.7. The maximum atomic E-state index is 12.6. The van der Waals surface area contributed by atoms with Gasteiger partial charge in [-0.1, -0.05) is 47.6 Å². The monoisotopic (exact) mass is 377 g/mol. The van der Waals surface area contributed by atoms with Gasteiger partial charge >= 0.3 is 0 Å². The molecule has 144 valence electrons. The molecule has 1 aliphatic heterocycles. The van der Waals surface area contributed by atoms with Gasteiger partial charge in [-0.05, 0) is 31.5 Å². The van der Waals surface area contributed by atoms with Gasteiger partial charge in [0.2, 0.25) is 5.91 Å². The third-order valence-corrected chi connectivity index (χ3v) is 5.13. The van der Waals surface area contributed by atoms with Gasteiger partial charge < -0.3 is 14.2 Å². The average molecular weight is 377 g/mol. The maximum absolute atomic E-state index is 12.6. The molecule has 4 rings (SSSR count). The fourth-order valence-electron chi connectivity index (χ4n) is 3.63. The zero-order valence-electron chi connectivity index (χ0n) is 16.0. The first-order valence-electron chi connectivity index (χ1n) is 9.57. The van der Waals surface area contributed by atoms with E-state index in [9.17, 15) is 4.79 Å². The Bertz CT molecular complexity index is 954. The van der Waals surface area contributed by atoms with Crippen molar-refractivity contribution < 1.29 is 14.1 Å². The zero-order valence-corrected chi connectivity index (χ0v) is 16.0. The van der Waals surface area contributed by atoms with E-state index in [1.807, 2.05) is 66.4 Å². The Morgan fingerprint density at radius 3 is 2.71 bits per heavy atom. The summed E-state index contributed by atoms with van der Waals surface area (Å²) in [7, 11) is 0. The van der Waals surface area contributed by atoms with Crippen LogP contribution in [-0.2, 0) is 4.79 Å². The molecular weight excluding hydrogens is 354 g/mol. The van der Waals surface area contributed by atoms with Gasteiger partial charge in [-0.2, -0.15) is 4.98 Å². The standard InChI is InChI=1S/C22H23N3O3/c1-3-27-19-12-8-7-11-18(19)22-23-21(24-28-22)17-13-20(26)25(14-17)15(2)16-9-5-4-6-10-16/h4-12,15,17H,3,13-14H2,1-2H3. The van der Waals surface area contributed by atoms with Crippen LogP contribution >= 0.6 is 0 Å². The number of amides is 1. The third-order valence-electron chi connectivity index (χ3n) is 5.13. The average Bonchev–Trinajstić information content (AvgIpc) is 3.36. The molecule has 0 saturated carbocycles. The van der Waals surface area contributed by atoms with Crippen LogP contribution in [0, 0.1) is 0 Å². The molecule has 2 aromatic carbocycles. The SMILES string of the molecule is CCOc1ccccc1-c1nc(C2CC(=O)N(C(C)c3ccccc3)C2)no1. The topological polar surface area (TPSA) is 68.5 Å². The summed E-state index contributed by atoms with van der Waals surface area (Å²) in [5.74, 6) is 1.73. The van der Waals surface area contributed by atoms with E-state index in [-0.39, 0.29) is 17.9 Å². The molecule has 0 radical (unpaired) electrons. The minimum Gasteiger partial charge on any atom is -0.493 e. The third kappa shape index (κ3) is 3.50. The summed E-state index contributed by atoms with van der Waals surface area (Å²) >= 11 is 0. The van der Waals surface area contributed by atoms with Crippen molar-refractivity contribution in [2.75, 3.05) is 13.2 Å². The Hall–Kier alpha value is -3.15. The van der Waals surface area contributed by atoms with Crippen LogP contribution < -0.4 is 4.74 Å². The summed E-state index contributed by atoms with van der Waals surface area (Å²) in [6, 6.07) is 17.7. The van der Waals surface area contributed by atoms with Crippen LogP contribution in [0.15, 0.2) is 59.1 Å². The van der Waals surface area contributed by atoms with E-state index in [0.717, 1.165) is 11.1 Å². The van der Waals surface area contributed by atoms with E-state index in [0.29, 0.717) is 37.0 Å². The minimum atomic E-state index is -0.0737. The Balaban J connectivity index is 1.53. The van der Waals surface area contributed by atoms with Crippen LogP contribution in [0.1, 0.15) is 43.6 Å². The van der Waals surface area contributed by atoms with E-state index in [1.165, 1.54) is 0 Å². The fraction of sp³-hybridized carbons (Fsp3) is 0.318. The Labute approximate surface area is 164 Å². The molecule has 2 atom stereocenters. The molecule has 1 amide bonds. The van der Waals surface area contributed by atoms with Crippen molar-refractivity contribution in [2.24, 2.45) is 0 Å². The molecule has 1 fully saturated rings. The molecule has 6 heteroatoms. The lowest BCUT2D eigenvalue weighted by Crippen LogP contribution is -2.28. The molecule has 0 spiro atoms. The second-order valence-corrected chi connectivity index (χ2v) is 6.92. The Morgan fingerprint density at radius 1 is 1.18 bits per heavy atom. The lowest BCUT2D eigenvalue weighted by atomic mass is 10.1. The van der Waals surface area contributed by atoms with Crippen LogP contribution in [0.5, 0.6) is 5.75 Å². The predicted molar refractivity (Wildman–Crippen MR) is 105 cm³/mol. The van der Waals surface area contributed by atoms with E-state index < -0.39 is 0 Å². The van der Waals surface area contributed by atoms with Crippen LogP contribution in [0.3, 0.4) is 0 Å². The first-order chi connectivity index (χ1) is 13.7. The number of para-hydroxylation sites is 1. The fourth-order valence-corrected chi connectivity index (χ4v) is 3.63. The first kappa shape index (κ1) is 18.2. The number of ether oxygens (including phenoxy) is 1. The number of nitrogens with zero attached hydrogens (tertiary/aromatic N) is 3. The second kappa shape index (κ2) is 7.84. The molecule has 2 unspecified atom stereocenters. The van der Waals surface area contributed by atoms with Crippen molar-refractivity contribution in [3.8, 4) is 17.2 Å². The summed E-state index contributed by atoms with van der Waals surface area (Å²) in [6.07, 6.45) is 0.392. The summed E-state index contributed by atoms with van der Waals surface area (Å²) in [6.45, 7) is 5.13. The van der Waals surface area contributed by atoms with E-state index in [4.69, 9.17) is 9.26 Å². The van der Waals surface area contributed by atoms with Crippen molar-refractivity contribution in [2.45, 2.75) is 32.2 Å². The van der Waals surface area contributed by atoms with Gasteiger partial charge in [0.25, 0.3) is 5.89 Å². The summed E-state index contributed by atoms with van der Waals surface area (Å²) in [5.41, 5.74) is 1.89. The Kier molecular flexibility index (Phi) is 5.10. The highest BCUT2D eigenvalue weighted by molar-refractivity contribution is 5.80. The van der Waals surface area contributed by atoms with Gasteiger partial charge in [-0.25, -0.2) is 0 Å². The van der Waals surface area contributed by atoms with Crippen molar-refractivity contribution in [1.82, 2.24) is 15.0 Å². The molecule has 6 nitrogen and oxygen atoms in total. The molecule has 0 aliphatic carbocycles. The van der Waals surface area contributed by atoms with Gasteiger partial charge in [0.1, 0.15) is 5.75 Å².